The van der Waals surface area contributed by atoms with Crippen LogP contribution in [-0.2, 0) is 12.8 Å². The van der Waals surface area contributed by atoms with Gasteiger partial charge in [0.05, 0.1) is 10.7 Å². The number of aromatic amines is 1. The van der Waals surface area contributed by atoms with Crippen molar-refractivity contribution >= 4 is 23.2 Å². The molecule has 2 aromatic heterocycles. The number of nitrogens with one attached hydrogen (secondary N) is 1. The first kappa shape index (κ1) is 17.2. The number of hydrogen-bond donors (Lipinski definition) is 2. The minimum absolute atomic E-state index is 0.0369. The maximum Gasteiger partial charge on any atom is 0.270 e. The number of nitrogens with two attached hydrogens (primary N) is 1. The molecule has 0 unspecified atom stereocenters. The van der Waals surface area contributed by atoms with Gasteiger partial charge >= 0.3 is 0 Å². The molecule has 0 saturated heterocycles. The topological polar surface area (TPSA) is 146 Å². The summed E-state index contributed by atoms with van der Waals surface area (Å²) in [4.78, 5) is 22.6. The Kier molecular flexibility index (Phi) is 4.36. The number of nitro benzene ring substituents is 1. The number of nitro groups is 1. The number of carbonyl (C=O) groups excluding carboxylic acids is 1. The highest BCUT2D eigenvalue weighted by molar-refractivity contribution is 7.99. The van der Waals surface area contributed by atoms with E-state index in [2.05, 4.69) is 20.4 Å². The van der Waals surface area contributed by atoms with Crippen molar-refractivity contribution in [1.29, 1.82) is 0 Å². The highest BCUT2D eigenvalue weighted by Crippen LogP contribution is 2.30. The molecule has 138 valence electrons. The van der Waals surface area contributed by atoms with E-state index in [1.165, 1.54) is 22.9 Å². The number of fused-ring (bicyclic) bond motifs is 1. The van der Waals surface area contributed by atoms with E-state index in [0.29, 0.717) is 16.7 Å². The third-order valence-electron chi connectivity index (χ3n) is 4.39. The second-order valence-electron chi connectivity index (χ2n) is 6.08. The van der Waals surface area contributed by atoms with Gasteiger partial charge in [0.1, 0.15) is 5.69 Å². The van der Waals surface area contributed by atoms with Crippen LogP contribution in [0.3, 0.4) is 0 Å². The van der Waals surface area contributed by atoms with E-state index in [1.807, 2.05) is 0 Å². The molecule has 1 aliphatic carbocycles. The summed E-state index contributed by atoms with van der Waals surface area (Å²) >= 11 is 1.12. The van der Waals surface area contributed by atoms with Crippen molar-refractivity contribution in [2.45, 2.75) is 24.4 Å². The smallest absolute Gasteiger partial charge is 0.270 e. The number of aromatic nitrogens is 5. The molecule has 0 spiro atoms. The van der Waals surface area contributed by atoms with E-state index in [0.717, 1.165) is 42.3 Å². The minimum Gasteiger partial charge on any atom is -0.335 e. The van der Waals surface area contributed by atoms with E-state index in [-0.39, 0.29) is 22.8 Å². The van der Waals surface area contributed by atoms with Crippen molar-refractivity contribution in [3.8, 4) is 11.5 Å². The molecule has 3 aromatic rings. The number of rotatable bonds is 6. The second kappa shape index (κ2) is 6.83. The second-order valence-corrected chi connectivity index (χ2v) is 7.02. The predicted molar refractivity (Wildman–Crippen MR) is 97.9 cm³/mol. The maximum absolute atomic E-state index is 12.3. The van der Waals surface area contributed by atoms with Crippen LogP contribution in [0, 0.1) is 10.1 Å². The highest BCUT2D eigenvalue weighted by Gasteiger charge is 2.24. The number of Topliss-reactive ketones (excluding diaryl/α,β-unsaturated/α-hetero) is 1. The minimum atomic E-state index is -0.533. The lowest BCUT2D eigenvalue weighted by Crippen LogP contribution is -2.13. The molecule has 4 rings (SSSR count). The van der Waals surface area contributed by atoms with Gasteiger partial charge in [-0.1, -0.05) is 23.9 Å². The molecule has 10 nitrogen and oxygen atoms in total. The SMILES string of the molecule is Nn1c(SCC(=O)c2cccc([N+](=O)[O-])c2)nnc1-c1n[nH]c2c1CCC2. The van der Waals surface area contributed by atoms with E-state index >= 15 is 0 Å². The van der Waals surface area contributed by atoms with Crippen LogP contribution < -0.4 is 5.84 Å². The van der Waals surface area contributed by atoms with Gasteiger partial charge in [0.25, 0.3) is 5.69 Å². The highest BCUT2D eigenvalue weighted by atomic mass is 32.2. The molecule has 1 aromatic carbocycles. The van der Waals surface area contributed by atoms with Gasteiger partial charge < -0.3 is 5.84 Å². The number of hydrogen-bond acceptors (Lipinski definition) is 8. The maximum atomic E-state index is 12.3. The first-order valence-electron chi connectivity index (χ1n) is 8.22. The Morgan fingerprint density at radius 1 is 1.37 bits per heavy atom. The summed E-state index contributed by atoms with van der Waals surface area (Å²) in [6.45, 7) is 0. The summed E-state index contributed by atoms with van der Waals surface area (Å²) in [5, 5.41) is 26.7. The van der Waals surface area contributed by atoms with Crippen molar-refractivity contribution in [3.63, 3.8) is 0 Å². The van der Waals surface area contributed by atoms with Crippen LogP contribution in [0.15, 0.2) is 29.4 Å². The number of thioether (sulfide) groups is 1. The Balaban J connectivity index is 1.49. The van der Waals surface area contributed by atoms with E-state index in [4.69, 9.17) is 5.84 Å². The average molecular weight is 385 g/mol. The molecule has 0 amide bonds. The Hall–Kier alpha value is -3.21. The van der Waals surface area contributed by atoms with Gasteiger partial charge in [0.2, 0.25) is 11.0 Å². The fraction of sp³-hybridized carbons (Fsp3) is 0.250. The van der Waals surface area contributed by atoms with Gasteiger partial charge in [0.15, 0.2) is 5.78 Å². The molecule has 0 bridgehead atoms. The van der Waals surface area contributed by atoms with Crippen LogP contribution >= 0.6 is 11.8 Å². The number of benzene rings is 1. The third-order valence-corrected chi connectivity index (χ3v) is 5.34. The summed E-state index contributed by atoms with van der Waals surface area (Å²) in [7, 11) is 0. The largest absolute Gasteiger partial charge is 0.335 e. The Labute approximate surface area is 157 Å². The normalized spacial score (nSPS) is 12.9. The van der Waals surface area contributed by atoms with Gasteiger partial charge in [-0.3, -0.25) is 20.0 Å². The zero-order chi connectivity index (χ0) is 19.0. The van der Waals surface area contributed by atoms with E-state index < -0.39 is 4.92 Å². The standard InChI is InChI=1S/C16H15N7O3S/c17-22-15(14-11-5-2-6-12(11)18-19-14)20-21-16(22)27-8-13(24)9-3-1-4-10(7-9)23(25)26/h1,3-4,7H,2,5-6,8,17H2,(H,18,19). The molecule has 11 heteroatoms. The van der Waals surface area contributed by atoms with Gasteiger partial charge in [-0.15, -0.1) is 10.2 Å². The van der Waals surface area contributed by atoms with Crippen LogP contribution in [0.25, 0.3) is 11.5 Å². The summed E-state index contributed by atoms with van der Waals surface area (Å²) in [5.74, 6) is 6.32. The average Bonchev–Trinajstić information content (AvgIpc) is 3.36. The Bertz CT molecular complexity index is 1040. The van der Waals surface area contributed by atoms with Crippen LogP contribution in [0.4, 0.5) is 5.69 Å². The van der Waals surface area contributed by atoms with Gasteiger partial charge in [-0.25, -0.2) is 4.68 Å². The number of nitrogens with zero attached hydrogens (tertiary/aromatic N) is 5. The van der Waals surface area contributed by atoms with Gasteiger partial charge in [-0.05, 0) is 19.3 Å². The zero-order valence-electron chi connectivity index (χ0n) is 14.1. The van der Waals surface area contributed by atoms with Crippen molar-refractivity contribution < 1.29 is 9.72 Å². The third kappa shape index (κ3) is 3.16. The summed E-state index contributed by atoms with van der Waals surface area (Å²) in [5.41, 5.74) is 3.04. The molecule has 2 heterocycles. The lowest BCUT2D eigenvalue weighted by Gasteiger charge is -2.03. The Morgan fingerprint density at radius 3 is 3.04 bits per heavy atom. The van der Waals surface area contributed by atoms with Crippen molar-refractivity contribution in [2.24, 2.45) is 0 Å². The molecule has 3 N–H and O–H groups in total. The van der Waals surface area contributed by atoms with E-state index in [9.17, 15) is 14.9 Å². The van der Waals surface area contributed by atoms with Crippen LogP contribution in [0.5, 0.6) is 0 Å². The molecule has 0 atom stereocenters. The number of non-ortho nitro benzene ring substituents is 1. The molecular weight excluding hydrogens is 370 g/mol. The first-order chi connectivity index (χ1) is 13.0. The van der Waals surface area contributed by atoms with Crippen molar-refractivity contribution in [3.05, 3.63) is 51.2 Å². The van der Waals surface area contributed by atoms with Gasteiger partial charge in [0, 0.05) is 29.0 Å². The lowest BCUT2D eigenvalue weighted by atomic mass is 10.1. The van der Waals surface area contributed by atoms with E-state index in [1.54, 1.807) is 6.07 Å². The van der Waals surface area contributed by atoms with Crippen LogP contribution in [0.2, 0.25) is 0 Å². The number of carbonyl (C=O) groups is 1. The molecular formula is C16H15N7O3S. The van der Waals surface area contributed by atoms with Crippen molar-refractivity contribution in [2.75, 3.05) is 11.6 Å². The fourth-order valence-electron chi connectivity index (χ4n) is 3.05. The number of aryl methyl sites for hydroxylation is 1. The molecule has 0 fully saturated rings. The van der Waals surface area contributed by atoms with Crippen molar-refractivity contribution in [1.82, 2.24) is 25.1 Å². The Morgan fingerprint density at radius 2 is 2.22 bits per heavy atom. The van der Waals surface area contributed by atoms with Gasteiger partial charge in [-0.2, -0.15) is 5.10 Å². The quantitative estimate of drug-likeness (QED) is 0.214. The fourth-order valence-corrected chi connectivity index (χ4v) is 3.80. The number of ketones is 1. The first-order valence-corrected chi connectivity index (χ1v) is 9.20. The molecule has 0 aliphatic heterocycles. The number of H-pyrrole nitrogens is 1. The zero-order valence-corrected chi connectivity index (χ0v) is 14.9. The molecule has 27 heavy (non-hydrogen) atoms. The summed E-state index contributed by atoms with van der Waals surface area (Å²) < 4.78 is 1.32. The van der Waals surface area contributed by atoms with Crippen LogP contribution in [-0.4, -0.2) is 41.5 Å². The molecule has 1 aliphatic rings. The summed E-state index contributed by atoms with van der Waals surface area (Å²) in [6, 6.07) is 5.63. The molecule has 0 saturated carbocycles. The monoisotopic (exact) mass is 385 g/mol. The summed E-state index contributed by atoms with van der Waals surface area (Å²) in [6.07, 6.45) is 2.94. The number of nitrogen functional groups attached to an aromatic ring is 1. The van der Waals surface area contributed by atoms with Crippen LogP contribution in [0.1, 0.15) is 28.0 Å². The lowest BCUT2D eigenvalue weighted by molar-refractivity contribution is -0.384. The molecule has 0 radical (unpaired) electrons. The predicted octanol–water partition coefficient (Wildman–Crippen LogP) is 1.75.